The van der Waals surface area contributed by atoms with Crippen molar-refractivity contribution < 1.29 is 9.42 Å². The third-order valence-corrected chi connectivity index (χ3v) is 6.17. The number of aromatic nitrogens is 2. The molecule has 0 spiro atoms. The zero-order valence-corrected chi connectivity index (χ0v) is 19.1. The van der Waals surface area contributed by atoms with E-state index in [0.29, 0.717) is 42.2 Å². The topological polar surface area (TPSA) is 111 Å². The second-order valence-electron chi connectivity index (χ2n) is 8.31. The minimum absolute atomic E-state index is 0.103. The summed E-state index contributed by atoms with van der Waals surface area (Å²) in [6.45, 7) is 3.44. The van der Waals surface area contributed by atoms with Gasteiger partial charge in [-0.15, -0.1) is 4.99 Å². The molecule has 1 atom stereocenters. The molecule has 0 radical (unpaired) electrons. The summed E-state index contributed by atoms with van der Waals surface area (Å²) in [6.07, 6.45) is 1.92. The molecule has 2 heterocycles. The van der Waals surface area contributed by atoms with E-state index in [1.54, 1.807) is 18.2 Å². The Bertz CT molecular complexity index is 1420. The van der Waals surface area contributed by atoms with Gasteiger partial charge in [0.15, 0.2) is 0 Å². The SMILES string of the molecule is Cc1ccccc1N/C(=N/C#N)N1CCN(C(=O)c2ccc3nonc3c2)C(c2ccccc2)C1. The maximum Gasteiger partial charge on any atom is 0.254 e. The van der Waals surface area contributed by atoms with Gasteiger partial charge in [0.1, 0.15) is 11.0 Å². The summed E-state index contributed by atoms with van der Waals surface area (Å²) in [6, 6.07) is 22.7. The Balaban J connectivity index is 1.45. The van der Waals surface area contributed by atoms with Crippen LogP contribution in [0.25, 0.3) is 11.0 Å². The molecule has 1 aromatic heterocycles. The van der Waals surface area contributed by atoms with Crippen LogP contribution < -0.4 is 5.32 Å². The molecule has 9 heteroatoms. The number of piperazine rings is 1. The van der Waals surface area contributed by atoms with Crippen LogP contribution in [0.15, 0.2) is 82.4 Å². The van der Waals surface area contributed by atoms with Gasteiger partial charge in [0.05, 0.1) is 6.04 Å². The normalized spacial score (nSPS) is 16.2. The van der Waals surface area contributed by atoms with Gasteiger partial charge in [-0.2, -0.15) is 5.26 Å². The molecule has 1 fully saturated rings. The van der Waals surface area contributed by atoms with Crippen LogP contribution in [0.5, 0.6) is 0 Å². The molecule has 35 heavy (non-hydrogen) atoms. The lowest BCUT2D eigenvalue weighted by atomic mass is 10.0. The molecule has 1 unspecified atom stereocenters. The first-order chi connectivity index (χ1) is 17.1. The number of guanidine groups is 1. The second kappa shape index (κ2) is 9.65. The Kier molecular flexibility index (Phi) is 6.09. The van der Waals surface area contributed by atoms with Gasteiger partial charge >= 0.3 is 0 Å². The summed E-state index contributed by atoms with van der Waals surface area (Å²) in [7, 11) is 0. The highest BCUT2D eigenvalue weighted by Crippen LogP contribution is 2.28. The monoisotopic (exact) mass is 465 g/mol. The van der Waals surface area contributed by atoms with Crippen molar-refractivity contribution >= 4 is 28.6 Å². The van der Waals surface area contributed by atoms with E-state index in [1.165, 1.54) is 0 Å². The first-order valence-corrected chi connectivity index (χ1v) is 11.3. The van der Waals surface area contributed by atoms with Gasteiger partial charge < -0.3 is 15.1 Å². The quantitative estimate of drug-likeness (QED) is 0.277. The highest BCUT2D eigenvalue weighted by molar-refractivity contribution is 5.98. The molecular weight excluding hydrogens is 442 g/mol. The number of para-hydroxylation sites is 1. The molecular formula is C26H23N7O2. The summed E-state index contributed by atoms with van der Waals surface area (Å²) < 4.78 is 4.78. The molecule has 4 aromatic rings. The van der Waals surface area contributed by atoms with E-state index in [2.05, 4.69) is 20.6 Å². The van der Waals surface area contributed by atoms with Gasteiger partial charge in [0, 0.05) is 30.9 Å². The Hall–Kier alpha value is -4.71. The van der Waals surface area contributed by atoms with Gasteiger partial charge in [0.2, 0.25) is 12.2 Å². The number of hydrogen-bond acceptors (Lipinski definition) is 6. The van der Waals surface area contributed by atoms with Gasteiger partial charge in [0.25, 0.3) is 5.91 Å². The fraction of sp³-hybridized carbons (Fsp3) is 0.192. The molecule has 1 saturated heterocycles. The van der Waals surface area contributed by atoms with Crippen LogP contribution in [0.2, 0.25) is 0 Å². The second-order valence-corrected chi connectivity index (χ2v) is 8.31. The molecule has 5 rings (SSSR count). The number of rotatable bonds is 3. The number of nitrogens with zero attached hydrogens (tertiary/aromatic N) is 6. The Morgan fingerprint density at radius 2 is 1.83 bits per heavy atom. The van der Waals surface area contributed by atoms with E-state index in [0.717, 1.165) is 16.8 Å². The maximum atomic E-state index is 13.6. The number of carbonyl (C=O) groups excluding carboxylic acids is 1. The summed E-state index contributed by atoms with van der Waals surface area (Å²) >= 11 is 0. The predicted molar refractivity (Wildman–Crippen MR) is 131 cm³/mol. The molecule has 174 valence electrons. The fourth-order valence-corrected chi connectivity index (χ4v) is 4.32. The van der Waals surface area contributed by atoms with Crippen molar-refractivity contribution in [2.45, 2.75) is 13.0 Å². The third-order valence-electron chi connectivity index (χ3n) is 6.17. The van der Waals surface area contributed by atoms with E-state index < -0.39 is 0 Å². The van der Waals surface area contributed by atoms with Gasteiger partial charge in [-0.1, -0.05) is 48.5 Å². The van der Waals surface area contributed by atoms with E-state index in [9.17, 15) is 10.1 Å². The molecule has 0 saturated carbocycles. The zero-order chi connectivity index (χ0) is 24.2. The standard InChI is InChI=1S/C26H23N7O2/c1-18-7-5-6-10-21(18)29-26(28-17-27)32-13-14-33(24(16-32)19-8-3-2-4-9-19)25(34)20-11-12-22-23(15-20)31-35-30-22/h2-12,15,24H,13-14,16H2,1H3,(H,28,29). The molecule has 0 aliphatic carbocycles. The summed E-state index contributed by atoms with van der Waals surface area (Å²) in [5.41, 5.74) is 4.59. The number of aliphatic imine (C=N–C) groups is 1. The van der Waals surface area contributed by atoms with Gasteiger partial charge in [-0.3, -0.25) is 4.79 Å². The van der Waals surface area contributed by atoms with E-state index in [1.807, 2.05) is 77.5 Å². The number of carbonyl (C=O) groups is 1. The molecule has 3 aromatic carbocycles. The number of amides is 1. The van der Waals surface area contributed by atoms with E-state index in [4.69, 9.17) is 4.63 Å². The summed E-state index contributed by atoms with van der Waals surface area (Å²) in [5.74, 6) is 0.360. The van der Waals surface area contributed by atoms with Gasteiger partial charge in [-0.25, -0.2) is 4.63 Å². The van der Waals surface area contributed by atoms with Crippen molar-refractivity contribution in [1.29, 1.82) is 5.26 Å². The molecule has 1 aliphatic heterocycles. The lowest BCUT2D eigenvalue weighted by Gasteiger charge is -2.42. The maximum absolute atomic E-state index is 13.6. The number of hydrogen-bond donors (Lipinski definition) is 1. The van der Waals surface area contributed by atoms with Gasteiger partial charge in [-0.05, 0) is 52.6 Å². The lowest BCUT2D eigenvalue weighted by molar-refractivity contribution is 0.0550. The number of benzene rings is 3. The number of fused-ring (bicyclic) bond motifs is 1. The Labute approximate surface area is 202 Å². The number of aryl methyl sites for hydroxylation is 1. The van der Waals surface area contributed by atoms with Crippen LogP contribution in [-0.4, -0.2) is 51.6 Å². The molecule has 1 N–H and O–H groups in total. The van der Waals surface area contributed by atoms with Crippen LogP contribution in [0, 0.1) is 18.4 Å². The average molecular weight is 466 g/mol. The average Bonchev–Trinajstić information content (AvgIpc) is 3.37. The highest BCUT2D eigenvalue weighted by atomic mass is 16.6. The van der Waals surface area contributed by atoms with Crippen molar-refractivity contribution in [3.8, 4) is 6.19 Å². The minimum atomic E-state index is -0.244. The van der Waals surface area contributed by atoms with Crippen molar-refractivity contribution in [3.05, 3.63) is 89.5 Å². The molecule has 0 bridgehead atoms. The molecule has 1 amide bonds. The first kappa shape index (κ1) is 22.1. The minimum Gasteiger partial charge on any atom is -0.338 e. The Morgan fingerprint density at radius 3 is 2.63 bits per heavy atom. The van der Waals surface area contributed by atoms with Crippen molar-refractivity contribution in [2.75, 3.05) is 25.0 Å². The lowest BCUT2D eigenvalue weighted by Crippen LogP contribution is -2.53. The highest BCUT2D eigenvalue weighted by Gasteiger charge is 2.34. The molecule has 1 aliphatic rings. The predicted octanol–water partition coefficient (Wildman–Crippen LogP) is 3.98. The van der Waals surface area contributed by atoms with E-state index >= 15 is 0 Å². The number of anilines is 1. The first-order valence-electron chi connectivity index (χ1n) is 11.3. The van der Waals surface area contributed by atoms with Crippen molar-refractivity contribution in [2.24, 2.45) is 4.99 Å². The van der Waals surface area contributed by atoms with Crippen LogP contribution >= 0.6 is 0 Å². The fourth-order valence-electron chi connectivity index (χ4n) is 4.32. The Morgan fingerprint density at radius 1 is 1.06 bits per heavy atom. The summed E-state index contributed by atoms with van der Waals surface area (Å²) in [4.78, 5) is 21.6. The van der Waals surface area contributed by atoms with Crippen molar-refractivity contribution in [1.82, 2.24) is 20.1 Å². The van der Waals surface area contributed by atoms with Crippen LogP contribution in [0.3, 0.4) is 0 Å². The van der Waals surface area contributed by atoms with Crippen LogP contribution in [0.1, 0.15) is 27.5 Å². The number of nitriles is 1. The third kappa shape index (κ3) is 4.54. The largest absolute Gasteiger partial charge is 0.338 e. The summed E-state index contributed by atoms with van der Waals surface area (Å²) in [5, 5.41) is 20.4. The van der Waals surface area contributed by atoms with E-state index in [-0.39, 0.29) is 11.9 Å². The number of nitrogens with one attached hydrogen (secondary N) is 1. The van der Waals surface area contributed by atoms with Crippen LogP contribution in [0.4, 0.5) is 5.69 Å². The smallest absolute Gasteiger partial charge is 0.254 e. The van der Waals surface area contributed by atoms with Crippen molar-refractivity contribution in [3.63, 3.8) is 0 Å². The van der Waals surface area contributed by atoms with Crippen LogP contribution in [-0.2, 0) is 0 Å². The molecule has 9 nitrogen and oxygen atoms in total. The zero-order valence-electron chi connectivity index (χ0n) is 19.1.